The summed E-state index contributed by atoms with van der Waals surface area (Å²) in [6.45, 7) is 0.359. The van der Waals surface area contributed by atoms with Gasteiger partial charge in [-0.05, 0) is 42.5 Å². The van der Waals surface area contributed by atoms with E-state index < -0.39 is 0 Å². The lowest BCUT2D eigenvalue weighted by molar-refractivity contribution is 0.278. The molecule has 0 bridgehead atoms. The van der Waals surface area contributed by atoms with E-state index in [-0.39, 0.29) is 0 Å². The third kappa shape index (κ3) is 3.44. The molecule has 0 unspecified atom stereocenters. The molecule has 4 aromatic rings. The number of hydrogen-bond donors (Lipinski definition) is 1. The van der Waals surface area contributed by atoms with Crippen LogP contribution in [0.25, 0.3) is 22.4 Å². The second-order valence-electron chi connectivity index (χ2n) is 6.07. The zero-order valence-electron chi connectivity index (χ0n) is 15.2. The van der Waals surface area contributed by atoms with Crippen LogP contribution in [0.15, 0.2) is 66.7 Å². The summed E-state index contributed by atoms with van der Waals surface area (Å²) in [7, 11) is 3.29. The van der Waals surface area contributed by atoms with Crippen molar-refractivity contribution in [2.45, 2.75) is 6.61 Å². The summed E-state index contributed by atoms with van der Waals surface area (Å²) in [6.07, 6.45) is 0. The Morgan fingerprint density at radius 2 is 1.56 bits per heavy atom. The van der Waals surface area contributed by atoms with E-state index in [1.807, 2.05) is 66.7 Å². The van der Waals surface area contributed by atoms with Gasteiger partial charge in [0.1, 0.15) is 18.2 Å². The van der Waals surface area contributed by atoms with E-state index >= 15 is 0 Å². The number of aromatic nitrogens is 2. The summed E-state index contributed by atoms with van der Waals surface area (Å²) in [6, 6.07) is 21.5. The van der Waals surface area contributed by atoms with Gasteiger partial charge in [-0.15, -0.1) is 0 Å². The quantitative estimate of drug-likeness (QED) is 0.535. The lowest BCUT2D eigenvalue weighted by atomic mass is 10.1. The van der Waals surface area contributed by atoms with E-state index in [1.165, 1.54) is 0 Å². The van der Waals surface area contributed by atoms with Crippen LogP contribution in [0.3, 0.4) is 0 Å². The third-order valence-corrected chi connectivity index (χ3v) is 4.40. The fourth-order valence-electron chi connectivity index (χ4n) is 3.02. The van der Waals surface area contributed by atoms with Crippen molar-refractivity contribution in [3.05, 3.63) is 72.3 Å². The van der Waals surface area contributed by atoms with E-state index in [1.54, 1.807) is 14.2 Å². The van der Waals surface area contributed by atoms with E-state index in [9.17, 15) is 0 Å². The zero-order valence-corrected chi connectivity index (χ0v) is 15.2. The Labute approximate surface area is 157 Å². The first-order valence-corrected chi connectivity index (χ1v) is 8.66. The van der Waals surface area contributed by atoms with E-state index in [4.69, 9.17) is 14.2 Å². The Morgan fingerprint density at radius 1 is 0.815 bits per heavy atom. The number of methoxy groups -OCH3 is 2. The molecule has 0 saturated heterocycles. The molecule has 136 valence electrons. The maximum absolute atomic E-state index is 5.97. The van der Waals surface area contributed by atoms with Crippen LogP contribution in [-0.4, -0.2) is 24.2 Å². The largest absolute Gasteiger partial charge is 0.496 e. The fraction of sp³-hybridized carbons (Fsp3) is 0.136. The SMILES string of the molecule is COc1ccc(-c2nc3ccccc3[nH]2)cc1COc1ccccc1OC. The molecule has 0 radical (unpaired) electrons. The van der Waals surface area contributed by atoms with Crippen LogP contribution in [0.4, 0.5) is 0 Å². The first-order valence-electron chi connectivity index (χ1n) is 8.66. The summed E-state index contributed by atoms with van der Waals surface area (Å²) >= 11 is 0. The van der Waals surface area contributed by atoms with E-state index in [2.05, 4.69) is 9.97 Å². The second kappa shape index (κ2) is 7.41. The average Bonchev–Trinajstić information content (AvgIpc) is 3.16. The normalized spacial score (nSPS) is 10.7. The third-order valence-electron chi connectivity index (χ3n) is 4.40. The molecule has 0 aliphatic carbocycles. The molecule has 0 atom stereocenters. The standard InChI is InChI=1S/C22H20N2O3/c1-25-19-12-11-15(22-23-17-7-3-4-8-18(17)24-22)13-16(19)14-27-21-10-6-5-9-20(21)26-2/h3-13H,14H2,1-2H3,(H,23,24). The van der Waals surface area contributed by atoms with E-state index in [0.717, 1.165) is 33.7 Å². The molecular formula is C22H20N2O3. The highest BCUT2D eigenvalue weighted by Gasteiger charge is 2.11. The van der Waals surface area contributed by atoms with Gasteiger partial charge in [0.15, 0.2) is 11.5 Å². The van der Waals surface area contributed by atoms with Crippen LogP contribution in [-0.2, 0) is 6.61 Å². The monoisotopic (exact) mass is 360 g/mol. The van der Waals surface area contributed by atoms with Crippen LogP contribution in [0, 0.1) is 0 Å². The summed E-state index contributed by atoms with van der Waals surface area (Å²) in [5.41, 5.74) is 3.86. The van der Waals surface area contributed by atoms with Gasteiger partial charge in [0, 0.05) is 11.1 Å². The first kappa shape index (κ1) is 17.0. The van der Waals surface area contributed by atoms with Gasteiger partial charge < -0.3 is 19.2 Å². The van der Waals surface area contributed by atoms with Crippen LogP contribution in [0.2, 0.25) is 0 Å². The van der Waals surface area contributed by atoms with Gasteiger partial charge in [-0.25, -0.2) is 4.98 Å². The van der Waals surface area contributed by atoms with Gasteiger partial charge in [0.25, 0.3) is 0 Å². The fourth-order valence-corrected chi connectivity index (χ4v) is 3.02. The van der Waals surface area contributed by atoms with Gasteiger partial charge in [0.2, 0.25) is 0 Å². The molecule has 0 aliphatic rings. The molecule has 0 aliphatic heterocycles. The van der Waals surface area contributed by atoms with Crippen molar-refractivity contribution in [1.82, 2.24) is 9.97 Å². The zero-order chi connectivity index (χ0) is 18.6. The van der Waals surface area contributed by atoms with Crippen LogP contribution < -0.4 is 14.2 Å². The lowest BCUT2D eigenvalue weighted by Crippen LogP contribution is -2.00. The van der Waals surface area contributed by atoms with Gasteiger partial charge in [-0.3, -0.25) is 0 Å². The number of ether oxygens (including phenoxy) is 3. The predicted octanol–water partition coefficient (Wildman–Crippen LogP) is 4.83. The Bertz CT molecular complexity index is 1040. The molecule has 0 saturated carbocycles. The number of benzene rings is 3. The highest BCUT2D eigenvalue weighted by Crippen LogP contribution is 2.30. The summed E-state index contributed by atoms with van der Waals surface area (Å²) < 4.78 is 16.8. The summed E-state index contributed by atoms with van der Waals surface area (Å²) in [4.78, 5) is 8.02. The maximum Gasteiger partial charge on any atom is 0.161 e. The molecular weight excluding hydrogens is 340 g/mol. The number of imidazole rings is 1. The average molecular weight is 360 g/mol. The maximum atomic E-state index is 5.97. The van der Waals surface area contributed by atoms with E-state index in [0.29, 0.717) is 18.1 Å². The molecule has 5 heteroatoms. The van der Waals surface area contributed by atoms with Gasteiger partial charge in [-0.2, -0.15) is 0 Å². The minimum atomic E-state index is 0.359. The van der Waals surface area contributed by atoms with Gasteiger partial charge in [-0.1, -0.05) is 24.3 Å². The number of hydrogen-bond acceptors (Lipinski definition) is 4. The predicted molar refractivity (Wildman–Crippen MR) is 105 cm³/mol. The van der Waals surface area contributed by atoms with Crippen molar-refractivity contribution in [1.29, 1.82) is 0 Å². The second-order valence-corrected chi connectivity index (χ2v) is 6.07. The molecule has 1 heterocycles. The van der Waals surface area contributed by atoms with Gasteiger partial charge >= 0.3 is 0 Å². The Morgan fingerprint density at radius 3 is 2.33 bits per heavy atom. The molecule has 1 N–H and O–H groups in total. The van der Waals surface area contributed by atoms with Crippen molar-refractivity contribution in [3.8, 4) is 28.6 Å². The van der Waals surface area contributed by atoms with Crippen LogP contribution >= 0.6 is 0 Å². The Kier molecular flexibility index (Phi) is 4.66. The number of fused-ring (bicyclic) bond motifs is 1. The minimum absolute atomic E-state index is 0.359. The molecule has 0 spiro atoms. The van der Waals surface area contributed by atoms with Crippen molar-refractivity contribution >= 4 is 11.0 Å². The Hall–Kier alpha value is -3.47. The first-order chi connectivity index (χ1) is 13.3. The van der Waals surface area contributed by atoms with Crippen molar-refractivity contribution in [2.75, 3.05) is 14.2 Å². The Balaban J connectivity index is 1.64. The highest BCUT2D eigenvalue weighted by atomic mass is 16.5. The number of aromatic amines is 1. The molecule has 0 amide bonds. The van der Waals surface area contributed by atoms with Crippen molar-refractivity contribution < 1.29 is 14.2 Å². The van der Waals surface area contributed by atoms with Crippen molar-refractivity contribution in [3.63, 3.8) is 0 Å². The topological polar surface area (TPSA) is 56.4 Å². The van der Waals surface area contributed by atoms with Gasteiger partial charge in [0.05, 0.1) is 25.3 Å². The molecule has 27 heavy (non-hydrogen) atoms. The molecule has 0 fully saturated rings. The van der Waals surface area contributed by atoms with Crippen molar-refractivity contribution in [2.24, 2.45) is 0 Å². The molecule has 4 rings (SSSR count). The highest BCUT2D eigenvalue weighted by molar-refractivity contribution is 5.79. The van der Waals surface area contributed by atoms with Crippen LogP contribution in [0.1, 0.15) is 5.56 Å². The lowest BCUT2D eigenvalue weighted by Gasteiger charge is -2.13. The number of nitrogens with zero attached hydrogens (tertiary/aromatic N) is 1. The number of H-pyrrole nitrogens is 1. The molecule has 5 nitrogen and oxygen atoms in total. The van der Waals surface area contributed by atoms with Crippen LogP contribution in [0.5, 0.6) is 17.2 Å². The molecule has 1 aromatic heterocycles. The summed E-state index contributed by atoms with van der Waals surface area (Å²) in [5.74, 6) is 2.98. The number of para-hydroxylation sites is 4. The number of nitrogens with one attached hydrogen (secondary N) is 1. The minimum Gasteiger partial charge on any atom is -0.496 e. The number of rotatable bonds is 6. The molecule has 3 aromatic carbocycles. The summed E-state index contributed by atoms with van der Waals surface area (Å²) in [5, 5.41) is 0. The smallest absolute Gasteiger partial charge is 0.161 e.